The number of rotatable bonds is 4. The number of nitrogens with two attached hydrogens (primary N) is 1. The van der Waals surface area contributed by atoms with E-state index in [1.165, 1.54) is 0 Å². The predicted octanol–water partition coefficient (Wildman–Crippen LogP) is 0.991. The molecule has 0 spiro atoms. The first kappa shape index (κ1) is 12.2. The lowest BCUT2D eigenvalue weighted by atomic mass is 10.1. The van der Waals surface area contributed by atoms with E-state index < -0.39 is 12.0 Å². The summed E-state index contributed by atoms with van der Waals surface area (Å²) >= 11 is 0. The van der Waals surface area contributed by atoms with Gasteiger partial charge in [0.2, 0.25) is 0 Å². The molecule has 0 aliphatic rings. The van der Waals surface area contributed by atoms with Gasteiger partial charge in [-0.05, 0) is 31.0 Å². The molecule has 0 fully saturated rings. The number of carbonyl (C=O) groups excluding carboxylic acids is 1. The van der Waals surface area contributed by atoms with E-state index in [1.54, 1.807) is 31.2 Å². The Hall–Kier alpha value is -1.86. The van der Waals surface area contributed by atoms with Gasteiger partial charge in [-0.3, -0.25) is 4.79 Å². The van der Waals surface area contributed by atoms with Crippen LogP contribution in [-0.2, 0) is 16.0 Å². The number of ether oxygens (including phenoxy) is 1. The van der Waals surface area contributed by atoms with Gasteiger partial charge < -0.3 is 10.5 Å². The fourth-order valence-electron chi connectivity index (χ4n) is 1.30. The lowest BCUT2D eigenvalue weighted by molar-refractivity contribution is -0.144. The van der Waals surface area contributed by atoms with Gasteiger partial charge in [0.15, 0.2) is 0 Å². The summed E-state index contributed by atoms with van der Waals surface area (Å²) in [6, 6.07) is 8.36. The highest BCUT2D eigenvalue weighted by Gasteiger charge is 2.14. The number of carbonyl (C=O) groups is 1. The molecule has 0 aliphatic carbocycles. The molecule has 84 valence electrons. The van der Waals surface area contributed by atoms with Crippen molar-refractivity contribution in [1.82, 2.24) is 0 Å². The number of esters is 1. The quantitative estimate of drug-likeness (QED) is 0.764. The summed E-state index contributed by atoms with van der Waals surface area (Å²) in [7, 11) is 0. The van der Waals surface area contributed by atoms with E-state index >= 15 is 0 Å². The molecule has 0 amide bonds. The average molecular weight is 218 g/mol. The number of hydrogen-bond donors (Lipinski definition) is 1. The SMILES string of the molecule is CCOC(=O)[C@H](N)Cc1ccc(C#N)cc1. The van der Waals surface area contributed by atoms with Crippen molar-refractivity contribution in [1.29, 1.82) is 5.26 Å². The van der Waals surface area contributed by atoms with Crippen LogP contribution in [0.2, 0.25) is 0 Å². The van der Waals surface area contributed by atoms with Crippen LogP contribution in [0.1, 0.15) is 18.1 Å². The Labute approximate surface area is 94.6 Å². The molecule has 2 N–H and O–H groups in total. The number of benzene rings is 1. The van der Waals surface area contributed by atoms with Crippen LogP contribution in [0, 0.1) is 11.3 Å². The zero-order chi connectivity index (χ0) is 12.0. The van der Waals surface area contributed by atoms with Gasteiger partial charge in [-0.2, -0.15) is 5.26 Å². The van der Waals surface area contributed by atoms with Crippen molar-refractivity contribution in [3.8, 4) is 6.07 Å². The zero-order valence-corrected chi connectivity index (χ0v) is 9.14. The summed E-state index contributed by atoms with van der Waals surface area (Å²) in [6.45, 7) is 2.08. The van der Waals surface area contributed by atoms with Crippen LogP contribution in [0.5, 0.6) is 0 Å². The van der Waals surface area contributed by atoms with Crippen molar-refractivity contribution >= 4 is 5.97 Å². The van der Waals surface area contributed by atoms with Gasteiger partial charge in [0, 0.05) is 0 Å². The first-order valence-electron chi connectivity index (χ1n) is 5.08. The van der Waals surface area contributed by atoms with Crippen LogP contribution in [-0.4, -0.2) is 18.6 Å². The van der Waals surface area contributed by atoms with E-state index in [0.717, 1.165) is 5.56 Å². The fourth-order valence-corrected chi connectivity index (χ4v) is 1.30. The van der Waals surface area contributed by atoms with Gasteiger partial charge in [-0.25, -0.2) is 0 Å². The van der Waals surface area contributed by atoms with Crippen molar-refractivity contribution in [2.24, 2.45) is 5.73 Å². The highest BCUT2D eigenvalue weighted by Crippen LogP contribution is 2.06. The van der Waals surface area contributed by atoms with Crippen LogP contribution in [0.25, 0.3) is 0 Å². The summed E-state index contributed by atoms with van der Waals surface area (Å²) in [5.41, 5.74) is 7.17. The van der Waals surface area contributed by atoms with Crippen LogP contribution in [0.15, 0.2) is 24.3 Å². The first-order valence-corrected chi connectivity index (χ1v) is 5.08. The maximum absolute atomic E-state index is 11.3. The largest absolute Gasteiger partial charge is 0.465 e. The standard InChI is InChI=1S/C12H14N2O2/c1-2-16-12(15)11(14)7-9-3-5-10(8-13)6-4-9/h3-6,11H,2,7,14H2,1H3/t11-/m1/s1. The van der Waals surface area contributed by atoms with Gasteiger partial charge in [0.1, 0.15) is 6.04 Å². The van der Waals surface area contributed by atoms with E-state index in [-0.39, 0.29) is 0 Å². The molecule has 4 nitrogen and oxygen atoms in total. The second-order valence-electron chi connectivity index (χ2n) is 3.37. The van der Waals surface area contributed by atoms with Crippen LogP contribution in [0.3, 0.4) is 0 Å². The van der Waals surface area contributed by atoms with Crippen molar-refractivity contribution in [2.45, 2.75) is 19.4 Å². The van der Waals surface area contributed by atoms with Crippen LogP contribution < -0.4 is 5.73 Å². The molecule has 1 aromatic carbocycles. The Morgan fingerprint density at radius 3 is 2.62 bits per heavy atom. The second kappa shape index (κ2) is 5.89. The molecule has 0 aliphatic heterocycles. The minimum absolute atomic E-state index is 0.333. The average Bonchev–Trinajstić information content (AvgIpc) is 2.30. The topological polar surface area (TPSA) is 76.1 Å². The van der Waals surface area contributed by atoms with Crippen LogP contribution >= 0.6 is 0 Å². The van der Waals surface area contributed by atoms with Gasteiger partial charge in [0.25, 0.3) is 0 Å². The smallest absolute Gasteiger partial charge is 0.323 e. The molecule has 0 saturated carbocycles. The molecule has 1 atom stereocenters. The van der Waals surface area contributed by atoms with Gasteiger partial charge >= 0.3 is 5.97 Å². The summed E-state index contributed by atoms with van der Waals surface area (Å²) in [4.78, 5) is 11.3. The molecule has 1 rings (SSSR count). The summed E-state index contributed by atoms with van der Waals surface area (Å²) in [5.74, 6) is -0.396. The lowest BCUT2D eigenvalue weighted by Crippen LogP contribution is -2.34. The third kappa shape index (κ3) is 3.37. The Morgan fingerprint density at radius 1 is 1.50 bits per heavy atom. The molecule has 1 aromatic rings. The molecule has 0 radical (unpaired) electrons. The predicted molar refractivity (Wildman–Crippen MR) is 59.5 cm³/mol. The summed E-state index contributed by atoms with van der Waals surface area (Å²) in [5, 5.41) is 8.62. The molecule has 4 heteroatoms. The normalized spacial score (nSPS) is 11.6. The van der Waals surface area contributed by atoms with Crippen molar-refractivity contribution in [3.63, 3.8) is 0 Å². The Kier molecular flexibility index (Phi) is 4.49. The molecule has 0 aromatic heterocycles. The third-order valence-corrected chi connectivity index (χ3v) is 2.13. The molecule has 0 bridgehead atoms. The van der Waals surface area contributed by atoms with E-state index in [4.69, 9.17) is 15.7 Å². The highest BCUT2D eigenvalue weighted by molar-refractivity contribution is 5.75. The Bertz CT molecular complexity index is 392. The molecule has 0 saturated heterocycles. The maximum Gasteiger partial charge on any atom is 0.323 e. The van der Waals surface area contributed by atoms with E-state index in [1.807, 2.05) is 6.07 Å². The summed E-state index contributed by atoms with van der Waals surface area (Å²) in [6.07, 6.45) is 0.421. The minimum Gasteiger partial charge on any atom is -0.465 e. The van der Waals surface area contributed by atoms with Gasteiger partial charge in [-0.15, -0.1) is 0 Å². The highest BCUT2D eigenvalue weighted by atomic mass is 16.5. The summed E-state index contributed by atoms with van der Waals surface area (Å²) < 4.78 is 4.80. The van der Waals surface area contributed by atoms with E-state index in [0.29, 0.717) is 18.6 Å². The molecule has 0 unspecified atom stereocenters. The lowest BCUT2D eigenvalue weighted by Gasteiger charge is -2.10. The number of hydrogen-bond acceptors (Lipinski definition) is 4. The van der Waals surface area contributed by atoms with Crippen molar-refractivity contribution in [3.05, 3.63) is 35.4 Å². The van der Waals surface area contributed by atoms with E-state index in [2.05, 4.69) is 0 Å². The Morgan fingerprint density at radius 2 is 2.12 bits per heavy atom. The molecular formula is C12H14N2O2. The fraction of sp³-hybridized carbons (Fsp3) is 0.333. The first-order chi connectivity index (χ1) is 7.67. The van der Waals surface area contributed by atoms with Crippen LogP contribution in [0.4, 0.5) is 0 Å². The van der Waals surface area contributed by atoms with Gasteiger partial charge in [-0.1, -0.05) is 12.1 Å². The van der Waals surface area contributed by atoms with E-state index in [9.17, 15) is 4.79 Å². The number of nitriles is 1. The molecule has 0 heterocycles. The Balaban J connectivity index is 2.59. The number of nitrogens with zero attached hydrogens (tertiary/aromatic N) is 1. The zero-order valence-electron chi connectivity index (χ0n) is 9.14. The monoisotopic (exact) mass is 218 g/mol. The molecule has 16 heavy (non-hydrogen) atoms. The minimum atomic E-state index is -0.645. The maximum atomic E-state index is 11.3. The van der Waals surface area contributed by atoms with Gasteiger partial charge in [0.05, 0.1) is 18.2 Å². The third-order valence-electron chi connectivity index (χ3n) is 2.13. The second-order valence-corrected chi connectivity index (χ2v) is 3.37. The van der Waals surface area contributed by atoms with Crippen molar-refractivity contribution in [2.75, 3.05) is 6.61 Å². The van der Waals surface area contributed by atoms with Crippen molar-refractivity contribution < 1.29 is 9.53 Å². The molecular weight excluding hydrogens is 204 g/mol.